The summed E-state index contributed by atoms with van der Waals surface area (Å²) < 4.78 is 32.1. The monoisotopic (exact) mass is 388 g/mol. The Balaban J connectivity index is 0. The van der Waals surface area contributed by atoms with E-state index < -0.39 is 16.7 Å². The maximum atomic E-state index is 8.87. The van der Waals surface area contributed by atoms with E-state index in [0.29, 0.717) is 0 Å². The Labute approximate surface area is 78.3 Å². The van der Waals surface area contributed by atoms with E-state index in [4.69, 9.17) is 14.3 Å². The molecule has 0 atom stereocenters. The maximum absolute atomic E-state index is 8.87. The van der Waals surface area contributed by atoms with E-state index in [-0.39, 0.29) is 48.9 Å². The summed E-state index contributed by atoms with van der Waals surface area (Å²) in [5.41, 5.74) is 0. The second-order valence-corrected chi connectivity index (χ2v) is 3.67. The molecular formula is H2BaO4W. The van der Waals surface area contributed by atoms with Crippen LogP contribution in [0, 0.1) is 0 Å². The Morgan fingerprint density at radius 2 is 1.17 bits per heavy atom. The molecule has 0 aliphatic heterocycles. The molecule has 6 heteroatoms. The Hall–Kier alpha value is 1.78. The third-order valence-corrected chi connectivity index (χ3v) is 0. The zero-order chi connectivity index (χ0) is 4.50. The molecule has 2 N–H and O–H groups in total. The number of rotatable bonds is 0. The number of hydrogen-bond donors (Lipinski definition) is 2. The topological polar surface area (TPSA) is 74.6 Å². The van der Waals surface area contributed by atoms with Gasteiger partial charge in [0.1, 0.15) is 0 Å². The van der Waals surface area contributed by atoms with Crippen molar-refractivity contribution in [3.63, 3.8) is 0 Å². The summed E-state index contributed by atoms with van der Waals surface area (Å²) in [6.07, 6.45) is 0. The van der Waals surface area contributed by atoms with Gasteiger partial charge in [-0.3, -0.25) is 0 Å². The molecule has 0 aromatic carbocycles. The van der Waals surface area contributed by atoms with Gasteiger partial charge in [0.25, 0.3) is 0 Å². The molecule has 6 heavy (non-hydrogen) atoms. The second-order valence-electron chi connectivity index (χ2n) is 0.448. The summed E-state index contributed by atoms with van der Waals surface area (Å²) in [6, 6.07) is 0. The minimum absolute atomic E-state index is 0. The minimum atomic E-state index is -5.67. The van der Waals surface area contributed by atoms with Crippen LogP contribution in [0.15, 0.2) is 0 Å². The van der Waals surface area contributed by atoms with Gasteiger partial charge < -0.3 is 0 Å². The summed E-state index contributed by atoms with van der Waals surface area (Å²) in [6.45, 7) is 0. The van der Waals surface area contributed by atoms with Crippen LogP contribution in [0.25, 0.3) is 0 Å². The van der Waals surface area contributed by atoms with Crippen molar-refractivity contribution in [3.05, 3.63) is 0 Å². The zero-order valence-corrected chi connectivity index (χ0v) is 10.2. The SMILES string of the molecule is [Ba].[O]=[W](=[O])([OH])[OH]. The molecule has 0 aliphatic carbocycles. The summed E-state index contributed by atoms with van der Waals surface area (Å²) in [5.74, 6) is 0. The summed E-state index contributed by atoms with van der Waals surface area (Å²) in [5, 5.41) is 0. The van der Waals surface area contributed by atoms with Gasteiger partial charge in [0.2, 0.25) is 0 Å². The van der Waals surface area contributed by atoms with Gasteiger partial charge in [-0.2, -0.15) is 0 Å². The molecule has 0 rings (SSSR count). The molecule has 34 valence electrons. The van der Waals surface area contributed by atoms with Crippen LogP contribution >= 0.6 is 0 Å². The van der Waals surface area contributed by atoms with Gasteiger partial charge >= 0.3 is 31.1 Å². The summed E-state index contributed by atoms with van der Waals surface area (Å²) in [4.78, 5) is 0. The quantitative estimate of drug-likeness (QED) is 0.485. The zero-order valence-electron chi connectivity index (χ0n) is 2.83. The van der Waals surface area contributed by atoms with Crippen molar-refractivity contribution in [3.8, 4) is 0 Å². The van der Waals surface area contributed by atoms with Crippen LogP contribution in [0.5, 0.6) is 0 Å². The fraction of sp³-hybridized carbons (Fsp3) is 0. The van der Waals surface area contributed by atoms with Crippen molar-refractivity contribution in [2.45, 2.75) is 0 Å². The Morgan fingerprint density at radius 3 is 1.17 bits per heavy atom. The molecule has 0 saturated heterocycles. The molecule has 0 spiro atoms. The summed E-state index contributed by atoms with van der Waals surface area (Å²) >= 11 is -5.67. The van der Waals surface area contributed by atoms with Crippen molar-refractivity contribution in [1.82, 2.24) is 0 Å². The second kappa shape index (κ2) is 3.74. The van der Waals surface area contributed by atoms with Crippen LogP contribution in [0.3, 0.4) is 0 Å². The molecule has 0 saturated carbocycles. The van der Waals surface area contributed by atoms with Gasteiger partial charge in [0.15, 0.2) is 0 Å². The molecule has 0 aliphatic rings. The standard InChI is InChI=1S/Ba.2H2O.2O.W/h;2*1H2;;;/q;;;;;+2/p-2. The molecule has 0 aromatic rings. The van der Waals surface area contributed by atoms with Crippen molar-refractivity contribution in [1.29, 1.82) is 0 Å². The third kappa shape index (κ3) is 41.7. The van der Waals surface area contributed by atoms with Crippen molar-refractivity contribution >= 4 is 48.9 Å². The first kappa shape index (κ1) is 10.7. The van der Waals surface area contributed by atoms with Gasteiger partial charge in [-0.1, -0.05) is 0 Å². The van der Waals surface area contributed by atoms with Crippen LogP contribution in [0.2, 0.25) is 0 Å². The third-order valence-electron chi connectivity index (χ3n) is 0. The first-order valence-electron chi connectivity index (χ1n) is 0.698. The van der Waals surface area contributed by atoms with Crippen LogP contribution in [0.1, 0.15) is 0 Å². The Morgan fingerprint density at radius 1 is 1.17 bits per heavy atom. The first-order chi connectivity index (χ1) is 2.00. The van der Waals surface area contributed by atoms with Gasteiger partial charge in [-0.25, -0.2) is 0 Å². The van der Waals surface area contributed by atoms with E-state index >= 15 is 0 Å². The van der Waals surface area contributed by atoms with Gasteiger partial charge in [-0.15, -0.1) is 0 Å². The van der Waals surface area contributed by atoms with Crippen LogP contribution in [-0.2, 0) is 23.5 Å². The Bertz CT molecular complexity index is 90.7. The fourth-order valence-electron chi connectivity index (χ4n) is 0. The van der Waals surface area contributed by atoms with Crippen molar-refractivity contribution in [2.75, 3.05) is 0 Å². The van der Waals surface area contributed by atoms with Gasteiger partial charge in [0, 0.05) is 48.9 Å². The van der Waals surface area contributed by atoms with Crippen molar-refractivity contribution in [2.24, 2.45) is 0 Å². The summed E-state index contributed by atoms with van der Waals surface area (Å²) in [7, 11) is 0. The molecule has 0 fully saturated rings. The van der Waals surface area contributed by atoms with E-state index in [1.54, 1.807) is 0 Å². The van der Waals surface area contributed by atoms with Gasteiger partial charge in [0.05, 0.1) is 0 Å². The van der Waals surface area contributed by atoms with Crippen LogP contribution < -0.4 is 0 Å². The van der Waals surface area contributed by atoms with E-state index in [2.05, 4.69) is 0 Å². The number of hydrogen-bond acceptors (Lipinski definition) is 2. The molecule has 0 unspecified atom stereocenters. The van der Waals surface area contributed by atoms with Crippen LogP contribution in [0.4, 0.5) is 0 Å². The Kier molecular flexibility index (Phi) is 6.68. The average Bonchev–Trinajstić information content (AvgIpc) is 0.722. The van der Waals surface area contributed by atoms with E-state index in [9.17, 15) is 0 Å². The van der Waals surface area contributed by atoms with E-state index in [1.807, 2.05) is 0 Å². The molecule has 2 radical (unpaired) electrons. The predicted octanol–water partition coefficient (Wildman–Crippen LogP) is -1.73. The molecule has 4 nitrogen and oxygen atoms in total. The van der Waals surface area contributed by atoms with Crippen molar-refractivity contribution < 1.29 is 31.1 Å². The molecular weight excluding hydrogens is 385 g/mol. The molecule has 0 amide bonds. The first-order valence-corrected chi connectivity index (χ1v) is 5.72. The molecule has 0 bridgehead atoms. The van der Waals surface area contributed by atoms with E-state index in [0.717, 1.165) is 0 Å². The normalized spacial score (nSPS) is 9.67. The predicted molar refractivity (Wildman–Crippen MR) is 11.6 cm³/mol. The van der Waals surface area contributed by atoms with E-state index in [1.165, 1.54) is 0 Å². The molecule has 0 heterocycles. The fourth-order valence-corrected chi connectivity index (χ4v) is 0. The molecule has 0 aromatic heterocycles. The van der Waals surface area contributed by atoms with Crippen LogP contribution in [-0.4, -0.2) is 56.4 Å². The van der Waals surface area contributed by atoms with Gasteiger partial charge in [-0.05, 0) is 0 Å². The average molecular weight is 387 g/mol.